The first-order valence-corrected chi connectivity index (χ1v) is 9.51. The van der Waals surface area contributed by atoms with Gasteiger partial charge in [-0.25, -0.2) is 0 Å². The van der Waals surface area contributed by atoms with Crippen LogP contribution in [0.15, 0.2) is 36.5 Å². The second kappa shape index (κ2) is 8.00. The Kier molecular flexibility index (Phi) is 5.72. The van der Waals surface area contributed by atoms with Crippen molar-refractivity contribution in [1.29, 1.82) is 0 Å². The van der Waals surface area contributed by atoms with Crippen molar-refractivity contribution in [1.82, 2.24) is 9.88 Å². The molecule has 3 rings (SSSR count). The number of carboxylic acids is 1. The van der Waals surface area contributed by atoms with Crippen molar-refractivity contribution in [3.05, 3.63) is 64.5 Å². The zero-order valence-corrected chi connectivity index (χ0v) is 15.9. The van der Waals surface area contributed by atoms with Crippen LogP contribution in [-0.2, 0) is 11.2 Å². The summed E-state index contributed by atoms with van der Waals surface area (Å²) in [6.07, 6.45) is 5.56. The maximum atomic E-state index is 11.9. The van der Waals surface area contributed by atoms with Crippen LogP contribution in [0.25, 0.3) is 0 Å². The average molecular weight is 352 g/mol. The number of benzene rings is 1. The summed E-state index contributed by atoms with van der Waals surface area (Å²) < 4.78 is 0. The van der Waals surface area contributed by atoms with Gasteiger partial charge in [0.05, 0.1) is 11.7 Å². The van der Waals surface area contributed by atoms with Crippen LogP contribution >= 0.6 is 0 Å². The number of pyridine rings is 1. The number of piperidine rings is 1. The third kappa shape index (κ3) is 3.96. The van der Waals surface area contributed by atoms with E-state index in [1.165, 1.54) is 16.7 Å². The first-order valence-electron chi connectivity index (χ1n) is 9.51. The molecule has 2 unspecified atom stereocenters. The quantitative estimate of drug-likeness (QED) is 0.872. The van der Waals surface area contributed by atoms with Crippen molar-refractivity contribution < 1.29 is 9.90 Å². The number of hydrogen-bond donors (Lipinski definition) is 1. The number of carboxylic acid groups (broad SMARTS) is 1. The monoisotopic (exact) mass is 352 g/mol. The Morgan fingerprint density at radius 3 is 2.54 bits per heavy atom. The number of rotatable bonds is 5. The van der Waals surface area contributed by atoms with Crippen molar-refractivity contribution in [2.45, 2.75) is 58.5 Å². The highest BCUT2D eigenvalue weighted by Gasteiger charge is 2.35. The highest BCUT2D eigenvalue weighted by molar-refractivity contribution is 5.73. The summed E-state index contributed by atoms with van der Waals surface area (Å²) >= 11 is 0. The summed E-state index contributed by atoms with van der Waals surface area (Å²) in [7, 11) is 0. The third-order valence-electron chi connectivity index (χ3n) is 5.26. The van der Waals surface area contributed by atoms with E-state index in [0.29, 0.717) is 6.42 Å². The molecule has 4 heteroatoms. The molecule has 1 aromatic carbocycles. The number of carbonyl (C=O) groups is 1. The lowest BCUT2D eigenvalue weighted by Gasteiger charge is -2.39. The van der Waals surface area contributed by atoms with Crippen LogP contribution in [0.4, 0.5) is 0 Å². The zero-order chi connectivity index (χ0) is 18.7. The predicted molar refractivity (Wildman–Crippen MR) is 103 cm³/mol. The van der Waals surface area contributed by atoms with Crippen LogP contribution in [0.1, 0.15) is 60.2 Å². The molecule has 4 nitrogen and oxygen atoms in total. The fraction of sp³-hybridized carbons (Fsp3) is 0.455. The van der Waals surface area contributed by atoms with Crippen molar-refractivity contribution in [2.75, 3.05) is 6.54 Å². The summed E-state index contributed by atoms with van der Waals surface area (Å²) in [5.41, 5.74) is 5.65. The van der Waals surface area contributed by atoms with Crippen molar-refractivity contribution >= 4 is 5.97 Å². The van der Waals surface area contributed by atoms with E-state index in [1.807, 2.05) is 6.20 Å². The molecular formula is C22H28N2O2. The molecule has 2 atom stereocenters. The molecule has 0 bridgehead atoms. The molecule has 138 valence electrons. The minimum absolute atomic E-state index is 0.124. The van der Waals surface area contributed by atoms with E-state index in [2.05, 4.69) is 56.0 Å². The second-order valence-electron chi connectivity index (χ2n) is 7.36. The molecule has 1 aliphatic rings. The summed E-state index contributed by atoms with van der Waals surface area (Å²) in [6.45, 7) is 7.08. The number of aromatic nitrogens is 1. The maximum Gasteiger partial charge on any atom is 0.320 e. The molecular weight excluding hydrogens is 324 g/mol. The van der Waals surface area contributed by atoms with Gasteiger partial charge >= 0.3 is 5.97 Å². The molecule has 26 heavy (non-hydrogen) atoms. The first kappa shape index (κ1) is 18.6. The number of aliphatic carboxylic acids is 1. The van der Waals surface area contributed by atoms with Crippen molar-refractivity contribution in [3.63, 3.8) is 0 Å². The molecule has 0 aliphatic carbocycles. The van der Waals surface area contributed by atoms with E-state index in [0.717, 1.165) is 37.1 Å². The number of nitrogens with zero attached hydrogens (tertiary/aromatic N) is 2. The molecule has 1 aromatic heterocycles. The minimum Gasteiger partial charge on any atom is -0.480 e. The molecule has 1 N–H and O–H groups in total. The third-order valence-corrected chi connectivity index (χ3v) is 5.26. The van der Waals surface area contributed by atoms with Crippen LogP contribution in [-0.4, -0.2) is 33.5 Å². The average Bonchev–Trinajstić information content (AvgIpc) is 2.62. The van der Waals surface area contributed by atoms with Gasteiger partial charge in [0.1, 0.15) is 6.04 Å². The summed E-state index contributed by atoms with van der Waals surface area (Å²) in [5, 5.41) is 9.78. The van der Waals surface area contributed by atoms with Gasteiger partial charge in [0.15, 0.2) is 0 Å². The van der Waals surface area contributed by atoms with Gasteiger partial charge in [-0.2, -0.15) is 0 Å². The van der Waals surface area contributed by atoms with Gasteiger partial charge in [0, 0.05) is 6.20 Å². The number of aryl methyl sites for hydroxylation is 3. The van der Waals surface area contributed by atoms with Gasteiger partial charge in [-0.05, 0) is 56.8 Å². The lowest BCUT2D eigenvalue weighted by atomic mass is 9.92. The molecule has 1 aliphatic heterocycles. The highest BCUT2D eigenvalue weighted by Crippen LogP contribution is 2.34. The lowest BCUT2D eigenvalue weighted by molar-refractivity contribution is -0.145. The Morgan fingerprint density at radius 2 is 1.96 bits per heavy atom. The first-order chi connectivity index (χ1) is 12.5. The van der Waals surface area contributed by atoms with E-state index in [1.54, 1.807) is 0 Å². The highest BCUT2D eigenvalue weighted by atomic mass is 16.4. The van der Waals surface area contributed by atoms with Gasteiger partial charge in [-0.1, -0.05) is 48.7 Å². The molecule has 0 spiro atoms. The largest absolute Gasteiger partial charge is 0.480 e. The summed E-state index contributed by atoms with van der Waals surface area (Å²) in [5.74, 6) is -0.732. The van der Waals surface area contributed by atoms with E-state index in [-0.39, 0.29) is 6.04 Å². The second-order valence-corrected chi connectivity index (χ2v) is 7.36. The molecule has 1 saturated heterocycles. The van der Waals surface area contributed by atoms with E-state index in [4.69, 9.17) is 4.98 Å². The standard InChI is InChI=1S/C22H28N2O2/c1-4-17-8-9-19(23-14-17)21(18-12-15(2)11-16(3)13-18)24-10-6-5-7-20(24)22(25)26/h8-9,11-14,20-21H,4-7,10H2,1-3H3,(H,25,26). The molecule has 2 aromatic rings. The fourth-order valence-electron chi connectivity index (χ4n) is 4.03. The molecule has 0 saturated carbocycles. The van der Waals surface area contributed by atoms with Crippen LogP contribution in [0.3, 0.4) is 0 Å². The van der Waals surface area contributed by atoms with Crippen LogP contribution in [0.5, 0.6) is 0 Å². The van der Waals surface area contributed by atoms with Gasteiger partial charge in [0.2, 0.25) is 0 Å². The zero-order valence-electron chi connectivity index (χ0n) is 15.9. The lowest BCUT2D eigenvalue weighted by Crippen LogP contribution is -2.47. The molecule has 0 amide bonds. The van der Waals surface area contributed by atoms with Gasteiger partial charge in [0.25, 0.3) is 0 Å². The van der Waals surface area contributed by atoms with E-state index >= 15 is 0 Å². The topological polar surface area (TPSA) is 53.4 Å². The van der Waals surface area contributed by atoms with Crippen LogP contribution in [0, 0.1) is 13.8 Å². The summed E-state index contributed by atoms with van der Waals surface area (Å²) in [4.78, 5) is 18.8. The summed E-state index contributed by atoms with van der Waals surface area (Å²) in [6, 6.07) is 10.1. The number of likely N-dealkylation sites (tertiary alicyclic amines) is 1. The van der Waals surface area contributed by atoms with Gasteiger partial charge in [-0.15, -0.1) is 0 Å². The van der Waals surface area contributed by atoms with Crippen LogP contribution < -0.4 is 0 Å². The Labute approximate surface area is 155 Å². The Hall–Kier alpha value is -2.20. The SMILES string of the molecule is CCc1ccc(C(c2cc(C)cc(C)c2)N2CCCCC2C(=O)O)nc1. The Bertz CT molecular complexity index is 750. The van der Waals surface area contributed by atoms with E-state index in [9.17, 15) is 9.90 Å². The van der Waals surface area contributed by atoms with Gasteiger partial charge < -0.3 is 5.11 Å². The fourth-order valence-corrected chi connectivity index (χ4v) is 4.03. The van der Waals surface area contributed by atoms with E-state index < -0.39 is 12.0 Å². The number of hydrogen-bond acceptors (Lipinski definition) is 3. The van der Waals surface area contributed by atoms with Crippen molar-refractivity contribution in [2.24, 2.45) is 0 Å². The smallest absolute Gasteiger partial charge is 0.320 e. The Morgan fingerprint density at radius 1 is 1.23 bits per heavy atom. The maximum absolute atomic E-state index is 11.9. The van der Waals surface area contributed by atoms with Crippen LogP contribution in [0.2, 0.25) is 0 Å². The Balaban J connectivity index is 2.09. The molecule has 2 heterocycles. The predicted octanol–water partition coefficient (Wildman–Crippen LogP) is 4.29. The minimum atomic E-state index is -0.732. The normalized spacial score (nSPS) is 19.3. The molecule has 0 radical (unpaired) electrons. The van der Waals surface area contributed by atoms with Crippen molar-refractivity contribution in [3.8, 4) is 0 Å². The van der Waals surface area contributed by atoms with Gasteiger partial charge in [-0.3, -0.25) is 14.7 Å². The molecule has 1 fully saturated rings.